The van der Waals surface area contributed by atoms with E-state index in [0.29, 0.717) is 46.9 Å². The Hall–Kier alpha value is -4.21. The van der Waals surface area contributed by atoms with Gasteiger partial charge in [-0.1, -0.05) is 41.9 Å². The molecule has 2 heterocycles. The quantitative estimate of drug-likeness (QED) is 0.279. The van der Waals surface area contributed by atoms with Crippen molar-refractivity contribution >= 4 is 41.0 Å². The number of anilines is 1. The maximum Gasteiger partial charge on any atom is 0.412 e. The van der Waals surface area contributed by atoms with Gasteiger partial charge < -0.3 is 14.8 Å². The van der Waals surface area contributed by atoms with Gasteiger partial charge in [-0.2, -0.15) is 0 Å². The zero-order valence-electron chi connectivity index (χ0n) is 23.6. The molecule has 2 atom stereocenters. The summed E-state index contributed by atoms with van der Waals surface area (Å²) >= 11 is 6.28. The molecule has 0 aromatic heterocycles. The topological polar surface area (TPSA) is 114 Å². The lowest BCUT2D eigenvalue weighted by molar-refractivity contribution is 0.00685. The molecule has 2 unspecified atom stereocenters. The van der Waals surface area contributed by atoms with E-state index in [0.717, 1.165) is 5.56 Å². The molecule has 5 rings (SSSR count). The first kappa shape index (κ1) is 29.3. The van der Waals surface area contributed by atoms with Crippen molar-refractivity contribution in [2.45, 2.75) is 44.4 Å². The van der Waals surface area contributed by atoms with Gasteiger partial charge in [0, 0.05) is 47.8 Å². The molecule has 3 aromatic carbocycles. The second kappa shape index (κ2) is 11.6. The number of fused-ring (bicyclic) bond motifs is 2. The first-order valence-electron chi connectivity index (χ1n) is 13.7. The van der Waals surface area contributed by atoms with Crippen LogP contribution in [0.2, 0.25) is 5.02 Å². The molecule has 1 saturated heterocycles. The van der Waals surface area contributed by atoms with Gasteiger partial charge in [0.15, 0.2) is 11.4 Å². The fourth-order valence-electron chi connectivity index (χ4n) is 5.28. The second-order valence-corrected chi connectivity index (χ2v) is 12.0. The molecule has 2 amide bonds. The number of benzene rings is 3. The number of ketones is 1. The molecule has 2 aliphatic rings. The van der Waals surface area contributed by atoms with Crippen molar-refractivity contribution in [3.05, 3.63) is 100 Å². The van der Waals surface area contributed by atoms with Gasteiger partial charge in [-0.25, -0.2) is 9.59 Å². The summed E-state index contributed by atoms with van der Waals surface area (Å²) in [4.78, 5) is 53.7. The van der Waals surface area contributed by atoms with Crippen LogP contribution in [0.4, 0.5) is 10.5 Å². The summed E-state index contributed by atoms with van der Waals surface area (Å²) in [6, 6.07) is 19.2. The van der Waals surface area contributed by atoms with E-state index in [4.69, 9.17) is 21.1 Å². The summed E-state index contributed by atoms with van der Waals surface area (Å²) < 4.78 is 11.2. The molecular formula is C32H32ClN3O6. The van der Waals surface area contributed by atoms with Gasteiger partial charge >= 0.3 is 12.1 Å². The molecule has 0 saturated carbocycles. The van der Waals surface area contributed by atoms with E-state index in [2.05, 4.69) is 10.6 Å². The van der Waals surface area contributed by atoms with Crippen LogP contribution < -0.4 is 10.6 Å². The van der Waals surface area contributed by atoms with E-state index in [1.165, 1.54) is 24.3 Å². The number of halogens is 1. The molecule has 2 N–H and O–H groups in total. The molecule has 0 aliphatic carbocycles. The van der Waals surface area contributed by atoms with Gasteiger partial charge in [0.1, 0.15) is 11.6 Å². The monoisotopic (exact) mass is 589 g/mol. The van der Waals surface area contributed by atoms with Crippen LogP contribution in [0.1, 0.15) is 63.8 Å². The Morgan fingerprint density at radius 1 is 1.02 bits per heavy atom. The Balaban J connectivity index is 1.35. The molecule has 0 bridgehead atoms. The third kappa shape index (κ3) is 6.48. The Labute approximate surface area is 249 Å². The highest BCUT2D eigenvalue weighted by Crippen LogP contribution is 2.43. The van der Waals surface area contributed by atoms with Crippen molar-refractivity contribution in [3.63, 3.8) is 0 Å². The third-order valence-electron chi connectivity index (χ3n) is 7.21. The van der Waals surface area contributed by atoms with Gasteiger partial charge in [-0.15, -0.1) is 0 Å². The molecule has 1 fully saturated rings. The third-order valence-corrected chi connectivity index (χ3v) is 7.45. The van der Waals surface area contributed by atoms with E-state index in [1.54, 1.807) is 63.2 Å². The molecule has 3 aromatic rings. The minimum Gasteiger partial charge on any atom is -0.456 e. The summed E-state index contributed by atoms with van der Waals surface area (Å²) in [5.74, 6) is -1.20. The van der Waals surface area contributed by atoms with Crippen LogP contribution in [0.5, 0.6) is 0 Å². The molecule has 42 heavy (non-hydrogen) atoms. The average molecular weight is 590 g/mol. The van der Waals surface area contributed by atoms with E-state index < -0.39 is 35.2 Å². The molecule has 218 valence electrons. The van der Waals surface area contributed by atoms with Crippen molar-refractivity contribution in [1.29, 1.82) is 0 Å². The second-order valence-electron chi connectivity index (χ2n) is 11.5. The smallest absolute Gasteiger partial charge is 0.412 e. The number of hydrogen-bond donors (Lipinski definition) is 2. The lowest BCUT2D eigenvalue weighted by Gasteiger charge is -2.36. The Kier molecular flexibility index (Phi) is 8.08. The number of ether oxygens (including phenoxy) is 2. The summed E-state index contributed by atoms with van der Waals surface area (Å²) in [6.45, 7) is 6.38. The Morgan fingerprint density at radius 2 is 1.71 bits per heavy atom. The zero-order chi connectivity index (χ0) is 30.1. The average Bonchev–Trinajstić information content (AvgIpc) is 3.34. The normalized spacial score (nSPS) is 18.9. The molecular weight excluding hydrogens is 558 g/mol. The fourth-order valence-corrected chi connectivity index (χ4v) is 5.45. The lowest BCUT2D eigenvalue weighted by Crippen LogP contribution is -2.49. The number of nitrogens with zero attached hydrogens (tertiary/aromatic N) is 1. The van der Waals surface area contributed by atoms with E-state index in [1.807, 2.05) is 11.0 Å². The number of likely N-dealkylation sites (tertiary alicyclic amines) is 1. The Morgan fingerprint density at radius 3 is 2.40 bits per heavy atom. The number of amides is 2. The van der Waals surface area contributed by atoms with Crippen LogP contribution in [0.25, 0.3) is 0 Å². The zero-order valence-corrected chi connectivity index (χ0v) is 24.4. The molecule has 9 nitrogen and oxygen atoms in total. The molecule has 1 spiro atoms. The van der Waals surface area contributed by atoms with Gasteiger partial charge in [-0.05, 0) is 63.2 Å². The maximum atomic E-state index is 13.6. The van der Waals surface area contributed by atoms with Crippen LogP contribution in [0.3, 0.4) is 0 Å². The van der Waals surface area contributed by atoms with Crippen LogP contribution >= 0.6 is 11.6 Å². The van der Waals surface area contributed by atoms with Crippen molar-refractivity contribution in [1.82, 2.24) is 10.2 Å². The van der Waals surface area contributed by atoms with Crippen molar-refractivity contribution in [2.24, 2.45) is 0 Å². The highest BCUT2D eigenvalue weighted by Gasteiger charge is 2.48. The maximum absolute atomic E-state index is 13.6. The summed E-state index contributed by atoms with van der Waals surface area (Å²) in [5, 5.41) is 6.13. The summed E-state index contributed by atoms with van der Waals surface area (Å²) in [7, 11) is 0. The van der Waals surface area contributed by atoms with E-state index >= 15 is 0 Å². The number of Topliss-reactive ketones (excluding diaryl/α,β-unsaturated/α-hetero) is 1. The van der Waals surface area contributed by atoms with Crippen molar-refractivity contribution in [3.8, 4) is 0 Å². The first-order chi connectivity index (χ1) is 19.9. The van der Waals surface area contributed by atoms with Gasteiger partial charge in [0.05, 0.1) is 11.3 Å². The minimum atomic E-state index is -0.926. The largest absolute Gasteiger partial charge is 0.456 e. The predicted octanol–water partition coefficient (Wildman–Crippen LogP) is 5.44. The highest BCUT2D eigenvalue weighted by molar-refractivity contribution is 6.30. The van der Waals surface area contributed by atoms with Gasteiger partial charge in [0.2, 0.25) is 0 Å². The molecule has 2 aliphatic heterocycles. The standard InChI is InChI=1S/C32H32ClN3O6/c1-31(2,3)41-29(39)22-11-9-21(10-12-22)28(38)34-26(27(37)20-7-5-4-6-8-20)18-36-16-15-32(19-36)24-17-23(33)13-14-25(24)35-30(40)42-32/h4-14,17,26H,15-16,18-19H2,1-3H3,(H,34,38)(H,35,40). The highest BCUT2D eigenvalue weighted by atomic mass is 35.5. The van der Waals surface area contributed by atoms with Crippen LogP contribution in [-0.4, -0.2) is 59.9 Å². The SMILES string of the molecule is CC(C)(C)OC(=O)c1ccc(C(=O)NC(CN2CCC3(C2)OC(=O)Nc2ccc(Cl)cc23)C(=O)c2ccccc2)cc1. The first-order valence-corrected chi connectivity index (χ1v) is 14.1. The number of carbonyl (C=O) groups is 4. The van der Waals surface area contributed by atoms with Gasteiger partial charge in [0.25, 0.3) is 5.91 Å². The van der Waals surface area contributed by atoms with Crippen LogP contribution in [-0.2, 0) is 15.1 Å². The van der Waals surface area contributed by atoms with Crippen LogP contribution in [0, 0.1) is 0 Å². The fraction of sp³-hybridized carbons (Fsp3) is 0.312. The number of nitrogens with one attached hydrogen (secondary N) is 2. The molecule has 0 radical (unpaired) electrons. The van der Waals surface area contributed by atoms with Gasteiger partial charge in [-0.3, -0.25) is 19.8 Å². The lowest BCUT2D eigenvalue weighted by atomic mass is 9.90. The number of esters is 1. The Bertz CT molecular complexity index is 1520. The number of rotatable bonds is 7. The molecule has 10 heteroatoms. The number of hydrogen-bond acceptors (Lipinski definition) is 7. The summed E-state index contributed by atoms with van der Waals surface area (Å²) in [6.07, 6.45) is -0.0493. The van der Waals surface area contributed by atoms with Crippen LogP contribution in [0.15, 0.2) is 72.8 Å². The van der Waals surface area contributed by atoms with E-state index in [-0.39, 0.29) is 12.3 Å². The van der Waals surface area contributed by atoms with Crippen molar-refractivity contribution < 1.29 is 28.7 Å². The minimum absolute atomic E-state index is 0.193. The summed E-state index contributed by atoms with van der Waals surface area (Å²) in [5.41, 5.74) is 0.911. The van der Waals surface area contributed by atoms with Crippen molar-refractivity contribution in [2.75, 3.05) is 25.0 Å². The number of carbonyl (C=O) groups excluding carboxylic acids is 4. The predicted molar refractivity (Wildman–Crippen MR) is 158 cm³/mol. The van der Waals surface area contributed by atoms with E-state index in [9.17, 15) is 19.2 Å².